The van der Waals surface area contributed by atoms with Crippen LogP contribution in [0.3, 0.4) is 0 Å². The van der Waals surface area contributed by atoms with Crippen LogP contribution in [0.5, 0.6) is 23.0 Å². The number of rotatable bonds is 7. The van der Waals surface area contributed by atoms with Gasteiger partial charge in [0.25, 0.3) is 5.56 Å². The Balaban J connectivity index is 2.30. The van der Waals surface area contributed by atoms with Crippen LogP contribution in [-0.4, -0.2) is 46.1 Å². The number of nitrogens with zero attached hydrogens (tertiary/aromatic N) is 1. The normalized spacial score (nSPS) is 10.8. The summed E-state index contributed by atoms with van der Waals surface area (Å²) in [6.45, 7) is 0. The fourth-order valence-corrected chi connectivity index (χ4v) is 4.74. The first-order valence-electron chi connectivity index (χ1n) is 11.0. The highest BCUT2D eigenvalue weighted by molar-refractivity contribution is 9.10. The zero-order valence-corrected chi connectivity index (χ0v) is 22.5. The van der Waals surface area contributed by atoms with Gasteiger partial charge in [-0.3, -0.25) is 9.36 Å². The van der Waals surface area contributed by atoms with Crippen molar-refractivity contribution in [3.8, 4) is 39.8 Å². The first-order chi connectivity index (χ1) is 17.8. The third kappa shape index (κ3) is 4.44. The number of ether oxygens (including phenoxy) is 5. The van der Waals surface area contributed by atoms with Crippen molar-refractivity contribution in [1.82, 2.24) is 4.57 Å². The van der Waals surface area contributed by atoms with Crippen molar-refractivity contribution in [2.45, 2.75) is 0 Å². The predicted octanol–water partition coefficient (Wildman–Crippen LogP) is 4.82. The summed E-state index contributed by atoms with van der Waals surface area (Å²) in [7, 11) is 7.27. The molecule has 1 heterocycles. The molecular weight excluding hydrogens is 544 g/mol. The molecular formula is C27H25BrN2O7. The minimum absolute atomic E-state index is 0.00317. The lowest BCUT2D eigenvalue weighted by atomic mass is 9.95. The molecule has 4 aromatic rings. The molecule has 2 N–H and O–H groups in total. The van der Waals surface area contributed by atoms with Gasteiger partial charge in [0.05, 0.1) is 40.9 Å². The van der Waals surface area contributed by atoms with E-state index in [-0.39, 0.29) is 11.1 Å². The highest BCUT2D eigenvalue weighted by Gasteiger charge is 2.27. The summed E-state index contributed by atoms with van der Waals surface area (Å²) in [6, 6.07) is 13.3. The minimum Gasteiger partial charge on any atom is -0.495 e. The van der Waals surface area contributed by atoms with Crippen molar-refractivity contribution in [2.24, 2.45) is 0 Å². The second kappa shape index (κ2) is 10.4. The summed E-state index contributed by atoms with van der Waals surface area (Å²) >= 11 is 3.49. The van der Waals surface area contributed by atoms with Gasteiger partial charge >= 0.3 is 5.97 Å². The topological polar surface area (TPSA) is 111 Å². The molecule has 37 heavy (non-hydrogen) atoms. The van der Waals surface area contributed by atoms with Gasteiger partial charge in [0, 0.05) is 22.3 Å². The van der Waals surface area contributed by atoms with E-state index in [1.807, 2.05) is 0 Å². The first kappa shape index (κ1) is 25.9. The molecule has 0 aliphatic carbocycles. The molecule has 0 radical (unpaired) electrons. The van der Waals surface area contributed by atoms with Crippen LogP contribution in [0.2, 0.25) is 0 Å². The summed E-state index contributed by atoms with van der Waals surface area (Å²) in [4.78, 5) is 27.4. The van der Waals surface area contributed by atoms with Crippen LogP contribution in [0.4, 0.5) is 5.69 Å². The van der Waals surface area contributed by atoms with E-state index in [0.29, 0.717) is 55.4 Å². The number of anilines is 1. The largest absolute Gasteiger partial charge is 0.495 e. The highest BCUT2D eigenvalue weighted by atomic mass is 79.9. The van der Waals surface area contributed by atoms with Crippen molar-refractivity contribution < 1.29 is 28.5 Å². The Morgan fingerprint density at radius 3 is 1.78 bits per heavy atom. The molecule has 4 rings (SSSR count). The van der Waals surface area contributed by atoms with Gasteiger partial charge in [-0.1, -0.05) is 0 Å². The summed E-state index contributed by atoms with van der Waals surface area (Å²) in [6.07, 6.45) is 0. The third-order valence-corrected chi connectivity index (χ3v) is 6.73. The van der Waals surface area contributed by atoms with E-state index in [1.54, 1.807) is 48.5 Å². The van der Waals surface area contributed by atoms with Crippen molar-refractivity contribution in [2.75, 3.05) is 41.3 Å². The van der Waals surface area contributed by atoms with Crippen molar-refractivity contribution in [3.63, 3.8) is 0 Å². The highest BCUT2D eigenvalue weighted by Crippen LogP contribution is 2.43. The number of esters is 1. The molecule has 0 unspecified atom stereocenters. The molecule has 0 fully saturated rings. The summed E-state index contributed by atoms with van der Waals surface area (Å²) in [5, 5.41) is 0.735. The molecule has 0 aliphatic heterocycles. The summed E-state index contributed by atoms with van der Waals surface area (Å²) in [5.74, 6) is 0.945. The van der Waals surface area contributed by atoms with Gasteiger partial charge in [0.2, 0.25) is 0 Å². The Bertz CT molecular complexity index is 1540. The number of carbonyl (C=O) groups excluding carboxylic acids is 1. The monoisotopic (exact) mass is 568 g/mol. The number of nitrogen functional groups attached to an aromatic ring is 1. The van der Waals surface area contributed by atoms with Crippen LogP contribution in [0, 0.1) is 0 Å². The van der Waals surface area contributed by atoms with E-state index >= 15 is 0 Å². The SMILES string of the molecule is COC(=O)c1c(-c2cc(OC)c(Br)c(OC)c2)c2cc(OC)c(OC)cc2c(=O)n1-c1ccc(N)cc1. The lowest BCUT2D eigenvalue weighted by Gasteiger charge is -2.21. The van der Waals surface area contributed by atoms with Crippen LogP contribution in [0.25, 0.3) is 27.6 Å². The first-order valence-corrected chi connectivity index (χ1v) is 11.8. The Labute approximate surface area is 221 Å². The number of benzene rings is 3. The smallest absolute Gasteiger partial charge is 0.355 e. The number of halogens is 1. The molecule has 0 aliphatic rings. The summed E-state index contributed by atoms with van der Waals surface area (Å²) in [5.41, 5.74) is 7.31. The van der Waals surface area contributed by atoms with Gasteiger partial charge in [0.15, 0.2) is 11.5 Å². The number of methoxy groups -OCH3 is 5. The number of fused-ring (bicyclic) bond motifs is 1. The molecule has 1 aromatic heterocycles. The number of aromatic nitrogens is 1. The van der Waals surface area contributed by atoms with Crippen LogP contribution < -0.4 is 30.2 Å². The van der Waals surface area contributed by atoms with Crippen molar-refractivity contribution in [3.05, 3.63) is 69.1 Å². The lowest BCUT2D eigenvalue weighted by molar-refractivity contribution is 0.0591. The molecule has 0 saturated heterocycles. The van der Waals surface area contributed by atoms with Crippen LogP contribution in [0.1, 0.15) is 10.5 Å². The van der Waals surface area contributed by atoms with Gasteiger partial charge < -0.3 is 29.4 Å². The van der Waals surface area contributed by atoms with Gasteiger partial charge in [-0.25, -0.2) is 4.79 Å². The van der Waals surface area contributed by atoms with E-state index in [0.717, 1.165) is 0 Å². The van der Waals surface area contributed by atoms with E-state index in [2.05, 4.69) is 15.9 Å². The van der Waals surface area contributed by atoms with Crippen molar-refractivity contribution >= 4 is 38.4 Å². The van der Waals surface area contributed by atoms with Gasteiger partial charge in [0.1, 0.15) is 21.7 Å². The maximum Gasteiger partial charge on any atom is 0.355 e. The number of carbonyl (C=O) groups is 1. The molecule has 10 heteroatoms. The minimum atomic E-state index is -0.721. The van der Waals surface area contributed by atoms with E-state index in [1.165, 1.54) is 40.1 Å². The molecule has 9 nitrogen and oxygen atoms in total. The van der Waals surface area contributed by atoms with Crippen LogP contribution in [-0.2, 0) is 4.74 Å². The number of hydrogen-bond acceptors (Lipinski definition) is 8. The Morgan fingerprint density at radius 1 is 0.784 bits per heavy atom. The van der Waals surface area contributed by atoms with Crippen LogP contribution >= 0.6 is 15.9 Å². The average molecular weight is 569 g/mol. The molecule has 192 valence electrons. The van der Waals surface area contributed by atoms with Crippen LogP contribution in [0.15, 0.2) is 57.8 Å². The zero-order chi connectivity index (χ0) is 26.9. The lowest BCUT2D eigenvalue weighted by Crippen LogP contribution is -2.27. The third-order valence-electron chi connectivity index (χ3n) is 5.95. The van der Waals surface area contributed by atoms with E-state index in [9.17, 15) is 9.59 Å². The Morgan fingerprint density at radius 2 is 1.30 bits per heavy atom. The molecule has 3 aromatic carbocycles. The number of nitrogens with two attached hydrogens (primary N) is 1. The van der Waals surface area contributed by atoms with Crippen molar-refractivity contribution in [1.29, 1.82) is 0 Å². The Hall–Kier alpha value is -4.18. The molecule has 0 bridgehead atoms. The summed E-state index contributed by atoms with van der Waals surface area (Å²) < 4.78 is 29.2. The van der Waals surface area contributed by atoms with E-state index < -0.39 is 11.5 Å². The average Bonchev–Trinajstić information content (AvgIpc) is 2.92. The standard InChI is InChI=1S/C27H25BrN2O7/c1-33-19-12-17-18(13-20(19)34-2)26(31)30(16-8-6-15(29)7-9-16)25(27(32)37-5)23(17)14-10-21(35-3)24(28)22(11-14)36-4/h6-13H,29H2,1-5H3. The number of pyridine rings is 1. The second-order valence-corrected chi connectivity index (χ2v) is 8.69. The van der Waals surface area contributed by atoms with Gasteiger partial charge in [-0.15, -0.1) is 0 Å². The quantitative estimate of drug-likeness (QED) is 0.249. The Kier molecular flexibility index (Phi) is 7.30. The zero-order valence-electron chi connectivity index (χ0n) is 20.9. The van der Waals surface area contributed by atoms with Gasteiger partial charge in [-0.2, -0.15) is 0 Å². The maximum atomic E-state index is 14.0. The van der Waals surface area contributed by atoms with E-state index in [4.69, 9.17) is 29.4 Å². The fourth-order valence-electron chi connectivity index (χ4n) is 4.19. The second-order valence-electron chi connectivity index (χ2n) is 7.89. The predicted molar refractivity (Wildman–Crippen MR) is 145 cm³/mol. The maximum absolute atomic E-state index is 14.0. The van der Waals surface area contributed by atoms with Gasteiger partial charge in [-0.05, 0) is 70.0 Å². The molecule has 0 atom stereocenters. The molecule has 0 spiro atoms. The number of hydrogen-bond donors (Lipinski definition) is 1. The molecule has 0 amide bonds. The molecule has 0 saturated carbocycles. The fraction of sp³-hybridized carbons (Fsp3) is 0.185.